The Balaban J connectivity index is 2.02. The van der Waals surface area contributed by atoms with Gasteiger partial charge in [-0.15, -0.1) is 0 Å². The van der Waals surface area contributed by atoms with Crippen LogP contribution in [0.15, 0.2) is 48.1 Å². The Kier molecular flexibility index (Phi) is 2.86. The van der Waals surface area contributed by atoms with Gasteiger partial charge >= 0.3 is 0 Å². The Morgan fingerprint density at radius 3 is 2.55 bits per heavy atom. The number of hydrogen-bond donors (Lipinski definition) is 0. The van der Waals surface area contributed by atoms with E-state index >= 15 is 0 Å². The fraction of sp³-hybridized carbons (Fsp3) is 0.389. The minimum absolute atomic E-state index is 0.0553. The SMILES string of the molecule is CC1(C2=CCC(=O)C=C2)CC(C)(C)c2ccccc2O1. The monoisotopic (exact) mass is 268 g/mol. The Morgan fingerprint density at radius 1 is 1.10 bits per heavy atom. The maximum absolute atomic E-state index is 11.3. The summed E-state index contributed by atoms with van der Waals surface area (Å²) in [6.07, 6.45) is 6.97. The number of carbonyl (C=O) groups is 1. The summed E-state index contributed by atoms with van der Waals surface area (Å²) in [5, 5.41) is 0. The highest BCUT2D eigenvalue weighted by Gasteiger charge is 2.43. The third-order valence-corrected chi connectivity index (χ3v) is 4.31. The van der Waals surface area contributed by atoms with Gasteiger partial charge in [0.1, 0.15) is 11.4 Å². The van der Waals surface area contributed by atoms with E-state index in [2.05, 4.69) is 32.9 Å². The van der Waals surface area contributed by atoms with Gasteiger partial charge in [0.2, 0.25) is 0 Å². The van der Waals surface area contributed by atoms with Gasteiger partial charge in [0.05, 0.1) is 0 Å². The van der Waals surface area contributed by atoms with Crippen LogP contribution in [0.5, 0.6) is 5.75 Å². The van der Waals surface area contributed by atoms with E-state index in [0.717, 1.165) is 17.7 Å². The summed E-state index contributed by atoms with van der Waals surface area (Å²) < 4.78 is 6.30. The number of fused-ring (bicyclic) bond motifs is 1. The molecule has 1 aromatic carbocycles. The molecule has 2 nitrogen and oxygen atoms in total. The molecule has 1 aromatic rings. The molecule has 0 N–H and O–H groups in total. The predicted molar refractivity (Wildman–Crippen MR) is 80.0 cm³/mol. The van der Waals surface area contributed by atoms with Crippen molar-refractivity contribution in [3.05, 3.63) is 53.6 Å². The first-order valence-electron chi connectivity index (χ1n) is 7.11. The molecule has 1 unspecified atom stereocenters. The highest BCUT2D eigenvalue weighted by molar-refractivity contribution is 5.92. The summed E-state index contributed by atoms with van der Waals surface area (Å²) in [4.78, 5) is 11.3. The second kappa shape index (κ2) is 4.34. The fourth-order valence-corrected chi connectivity index (χ4v) is 3.41. The van der Waals surface area contributed by atoms with E-state index in [1.807, 2.05) is 24.3 Å². The average Bonchev–Trinajstić information content (AvgIpc) is 2.38. The van der Waals surface area contributed by atoms with E-state index in [9.17, 15) is 4.79 Å². The number of rotatable bonds is 1. The third kappa shape index (κ3) is 2.09. The standard InChI is InChI=1S/C18H20O2/c1-17(2)12-18(3,13-8-10-14(19)11-9-13)20-16-7-5-4-6-15(16)17/h4-10H,11-12H2,1-3H3. The summed E-state index contributed by atoms with van der Waals surface area (Å²) in [5.74, 6) is 1.12. The number of ketones is 1. The van der Waals surface area contributed by atoms with Crippen LogP contribution in [0.25, 0.3) is 0 Å². The van der Waals surface area contributed by atoms with E-state index in [1.54, 1.807) is 6.08 Å². The molecule has 0 aromatic heterocycles. The van der Waals surface area contributed by atoms with Crippen molar-refractivity contribution >= 4 is 5.78 Å². The van der Waals surface area contributed by atoms with E-state index in [0.29, 0.717) is 6.42 Å². The second-order valence-corrected chi connectivity index (χ2v) is 6.55. The molecule has 2 aliphatic rings. The van der Waals surface area contributed by atoms with Crippen molar-refractivity contribution in [3.8, 4) is 5.75 Å². The molecule has 0 fully saturated rings. The molecule has 1 aliphatic heterocycles. The molecule has 1 aliphatic carbocycles. The van der Waals surface area contributed by atoms with Crippen LogP contribution in [0.4, 0.5) is 0 Å². The lowest BCUT2D eigenvalue weighted by molar-refractivity contribution is -0.113. The highest BCUT2D eigenvalue weighted by Crippen LogP contribution is 2.47. The smallest absolute Gasteiger partial charge is 0.159 e. The van der Waals surface area contributed by atoms with Crippen molar-refractivity contribution in [2.75, 3.05) is 0 Å². The zero-order valence-electron chi connectivity index (χ0n) is 12.3. The van der Waals surface area contributed by atoms with Crippen LogP contribution in [0, 0.1) is 0 Å². The van der Waals surface area contributed by atoms with Crippen LogP contribution in [0.1, 0.15) is 39.2 Å². The fourth-order valence-electron chi connectivity index (χ4n) is 3.41. The van der Waals surface area contributed by atoms with Crippen LogP contribution in [0.2, 0.25) is 0 Å². The van der Waals surface area contributed by atoms with Crippen molar-refractivity contribution in [2.45, 2.75) is 44.6 Å². The highest BCUT2D eigenvalue weighted by atomic mass is 16.5. The van der Waals surface area contributed by atoms with Gasteiger partial charge in [-0.2, -0.15) is 0 Å². The van der Waals surface area contributed by atoms with Gasteiger partial charge in [-0.25, -0.2) is 0 Å². The second-order valence-electron chi connectivity index (χ2n) is 6.55. The lowest BCUT2D eigenvalue weighted by Crippen LogP contribution is -2.45. The molecule has 3 rings (SSSR count). The summed E-state index contributed by atoms with van der Waals surface area (Å²) in [6.45, 7) is 6.63. The summed E-state index contributed by atoms with van der Waals surface area (Å²) in [5.41, 5.74) is 2.06. The number of allylic oxidation sites excluding steroid dienone is 2. The molecule has 1 heterocycles. The largest absolute Gasteiger partial charge is 0.483 e. The lowest BCUT2D eigenvalue weighted by Gasteiger charge is -2.45. The van der Waals surface area contributed by atoms with Crippen LogP contribution in [0.3, 0.4) is 0 Å². The van der Waals surface area contributed by atoms with Gasteiger partial charge in [0.15, 0.2) is 5.78 Å². The van der Waals surface area contributed by atoms with Crippen molar-refractivity contribution < 1.29 is 9.53 Å². The number of ether oxygens (including phenoxy) is 1. The van der Waals surface area contributed by atoms with Crippen LogP contribution < -0.4 is 4.74 Å². The molecular weight excluding hydrogens is 248 g/mol. The van der Waals surface area contributed by atoms with E-state index in [1.165, 1.54) is 5.56 Å². The first-order valence-corrected chi connectivity index (χ1v) is 7.11. The molecule has 0 saturated carbocycles. The van der Waals surface area contributed by atoms with Crippen molar-refractivity contribution in [1.82, 2.24) is 0 Å². The van der Waals surface area contributed by atoms with E-state index in [-0.39, 0.29) is 16.8 Å². The Hall–Kier alpha value is -1.83. The molecule has 2 heteroatoms. The van der Waals surface area contributed by atoms with Crippen molar-refractivity contribution in [2.24, 2.45) is 0 Å². The lowest BCUT2D eigenvalue weighted by atomic mass is 9.70. The minimum Gasteiger partial charge on any atom is -0.483 e. The van der Waals surface area contributed by atoms with E-state index in [4.69, 9.17) is 4.74 Å². The molecule has 0 radical (unpaired) electrons. The molecule has 0 bridgehead atoms. The van der Waals surface area contributed by atoms with Gasteiger partial charge < -0.3 is 4.74 Å². The predicted octanol–water partition coefficient (Wildman–Crippen LogP) is 3.96. The topological polar surface area (TPSA) is 26.3 Å². The summed E-state index contributed by atoms with van der Waals surface area (Å²) >= 11 is 0. The Bertz CT molecular complexity index is 622. The molecule has 104 valence electrons. The van der Waals surface area contributed by atoms with Crippen LogP contribution >= 0.6 is 0 Å². The first-order chi connectivity index (χ1) is 9.41. The average molecular weight is 268 g/mol. The zero-order chi connectivity index (χ0) is 14.4. The van der Waals surface area contributed by atoms with E-state index < -0.39 is 0 Å². The number of benzene rings is 1. The molecule has 0 saturated heterocycles. The quantitative estimate of drug-likeness (QED) is 0.770. The number of para-hydroxylation sites is 1. The Labute approximate surface area is 120 Å². The maximum atomic E-state index is 11.3. The molecular formula is C18H20O2. The van der Waals surface area contributed by atoms with Gasteiger partial charge in [0.25, 0.3) is 0 Å². The molecule has 1 atom stereocenters. The molecule has 0 amide bonds. The van der Waals surface area contributed by atoms with Gasteiger partial charge in [-0.1, -0.05) is 44.2 Å². The summed E-state index contributed by atoms with van der Waals surface area (Å²) in [6, 6.07) is 8.25. The van der Waals surface area contributed by atoms with Crippen molar-refractivity contribution in [3.63, 3.8) is 0 Å². The summed E-state index contributed by atoms with van der Waals surface area (Å²) in [7, 11) is 0. The molecule has 0 spiro atoms. The third-order valence-electron chi connectivity index (χ3n) is 4.31. The number of hydrogen-bond acceptors (Lipinski definition) is 2. The van der Waals surface area contributed by atoms with Gasteiger partial charge in [-0.3, -0.25) is 4.79 Å². The maximum Gasteiger partial charge on any atom is 0.159 e. The van der Waals surface area contributed by atoms with Crippen molar-refractivity contribution in [1.29, 1.82) is 0 Å². The van der Waals surface area contributed by atoms with Gasteiger partial charge in [0, 0.05) is 12.8 Å². The normalized spacial score (nSPS) is 27.6. The first kappa shape index (κ1) is 13.2. The van der Waals surface area contributed by atoms with Gasteiger partial charge in [-0.05, 0) is 35.6 Å². The van der Waals surface area contributed by atoms with Crippen LogP contribution in [-0.4, -0.2) is 11.4 Å². The number of carbonyl (C=O) groups excluding carboxylic acids is 1. The zero-order valence-corrected chi connectivity index (χ0v) is 12.3. The van der Waals surface area contributed by atoms with Crippen LogP contribution in [-0.2, 0) is 10.2 Å². The molecule has 20 heavy (non-hydrogen) atoms. The minimum atomic E-state index is -0.366. The Morgan fingerprint density at radius 2 is 1.85 bits per heavy atom.